The van der Waals surface area contributed by atoms with Crippen LogP contribution in [-0.4, -0.2) is 76.1 Å². The molecule has 2 aromatic heterocycles. The molecule has 1 aliphatic carbocycles. The Morgan fingerprint density at radius 3 is 2.55 bits per heavy atom. The first-order valence-electron chi connectivity index (χ1n) is 13.0. The Bertz CT molecular complexity index is 1820. The number of anilines is 1. The third-order valence-corrected chi connectivity index (χ3v) is 8.02. The van der Waals surface area contributed by atoms with Crippen molar-refractivity contribution in [1.82, 2.24) is 19.5 Å². The van der Waals surface area contributed by atoms with Crippen molar-refractivity contribution < 1.29 is 30.3 Å². The first kappa shape index (κ1) is 25.1. The van der Waals surface area contributed by atoms with Gasteiger partial charge in [-0.3, -0.25) is 14.3 Å². The Hall–Kier alpha value is -3.91. The molecule has 40 heavy (non-hydrogen) atoms. The van der Waals surface area contributed by atoms with E-state index in [1.165, 1.54) is 10.9 Å². The van der Waals surface area contributed by atoms with Crippen LogP contribution >= 0.6 is 0 Å². The lowest BCUT2D eigenvalue weighted by molar-refractivity contribution is -0.0767. The number of aliphatic hydroxyl groups excluding tert-OH is 5. The highest BCUT2D eigenvalue weighted by atomic mass is 16.5. The average Bonchev–Trinajstić information content (AvgIpc) is 3.55. The van der Waals surface area contributed by atoms with Gasteiger partial charge in [0.25, 0.3) is 5.56 Å². The Kier molecular flexibility index (Phi) is 5.85. The Balaban J connectivity index is 1.35. The van der Waals surface area contributed by atoms with Gasteiger partial charge in [0.2, 0.25) is 5.95 Å². The van der Waals surface area contributed by atoms with Crippen LogP contribution in [0, 0.1) is 0 Å². The molecule has 0 bridgehead atoms. The third-order valence-electron chi connectivity index (χ3n) is 8.02. The number of aromatic nitrogens is 4. The third kappa shape index (κ3) is 3.80. The molecule has 12 heteroatoms. The maximum absolute atomic E-state index is 13.0. The maximum Gasteiger partial charge on any atom is 0.280 e. The highest BCUT2D eigenvalue weighted by molar-refractivity contribution is 6.00. The van der Waals surface area contributed by atoms with Crippen molar-refractivity contribution in [3.05, 3.63) is 76.3 Å². The normalized spacial score (nSPS) is 28.4. The van der Waals surface area contributed by atoms with Crippen molar-refractivity contribution in [2.45, 2.75) is 49.2 Å². The van der Waals surface area contributed by atoms with Gasteiger partial charge in [0.15, 0.2) is 11.2 Å². The summed E-state index contributed by atoms with van der Waals surface area (Å²) in [5, 5.41) is 59.1. The van der Waals surface area contributed by atoms with E-state index in [4.69, 9.17) is 4.74 Å². The lowest BCUT2D eigenvalue weighted by Gasteiger charge is -2.38. The fourth-order valence-electron chi connectivity index (χ4n) is 5.96. The van der Waals surface area contributed by atoms with Crippen molar-refractivity contribution in [2.75, 3.05) is 11.9 Å². The van der Waals surface area contributed by atoms with Crippen LogP contribution in [0.4, 0.5) is 5.95 Å². The SMILES string of the molecule is O=c1[nH]c(N[C@H]2c3c(ccc4cc5ccccc5cc34)[C@@H](O)[C@H](O)[C@@H]2O)nc2c1ncn2[C@H]1C[C@H](O)[C@@H](CO)O1. The molecule has 12 nitrogen and oxygen atoms in total. The number of H-pyrrole nitrogens is 1. The molecule has 0 radical (unpaired) electrons. The van der Waals surface area contributed by atoms with Gasteiger partial charge in [-0.05, 0) is 44.8 Å². The number of imidazole rings is 1. The molecular formula is C28H27N5O7. The summed E-state index contributed by atoms with van der Waals surface area (Å²) in [6.07, 6.45) is -5.05. The summed E-state index contributed by atoms with van der Waals surface area (Å²) in [5.74, 6) is 0.00730. The van der Waals surface area contributed by atoms with E-state index in [1.807, 2.05) is 42.5 Å². The van der Waals surface area contributed by atoms with Crippen LogP contribution in [0.5, 0.6) is 0 Å². The van der Waals surface area contributed by atoms with E-state index in [0.29, 0.717) is 11.1 Å². The van der Waals surface area contributed by atoms with Crippen LogP contribution in [0.15, 0.2) is 59.7 Å². The number of nitrogens with one attached hydrogen (secondary N) is 2. The first-order chi connectivity index (χ1) is 19.3. The summed E-state index contributed by atoms with van der Waals surface area (Å²) in [6, 6.07) is 14.5. The molecule has 0 unspecified atom stereocenters. The van der Waals surface area contributed by atoms with E-state index in [2.05, 4.69) is 20.3 Å². The summed E-state index contributed by atoms with van der Waals surface area (Å²) in [5.41, 5.74) is 0.719. The zero-order valence-electron chi connectivity index (χ0n) is 21.0. The smallest absolute Gasteiger partial charge is 0.280 e. The number of hydrogen-bond donors (Lipinski definition) is 7. The first-order valence-corrected chi connectivity index (χ1v) is 13.0. The monoisotopic (exact) mass is 545 g/mol. The fraction of sp³-hybridized carbons (Fsp3) is 0.321. The Morgan fingerprint density at radius 1 is 1.02 bits per heavy atom. The van der Waals surface area contributed by atoms with Crippen LogP contribution in [0.1, 0.15) is 35.9 Å². The van der Waals surface area contributed by atoms with Gasteiger partial charge in [0, 0.05) is 6.42 Å². The lowest BCUT2D eigenvalue weighted by atomic mass is 9.79. The zero-order valence-corrected chi connectivity index (χ0v) is 21.0. The van der Waals surface area contributed by atoms with Crippen molar-refractivity contribution in [2.24, 2.45) is 0 Å². The fourth-order valence-corrected chi connectivity index (χ4v) is 5.96. The molecule has 1 aliphatic heterocycles. The number of fused-ring (bicyclic) bond motifs is 5. The van der Waals surface area contributed by atoms with Gasteiger partial charge in [-0.25, -0.2) is 4.98 Å². The molecule has 0 spiro atoms. The van der Waals surface area contributed by atoms with E-state index >= 15 is 0 Å². The maximum atomic E-state index is 13.0. The van der Waals surface area contributed by atoms with E-state index in [-0.39, 0.29) is 30.1 Å². The largest absolute Gasteiger partial charge is 0.394 e. The average molecular weight is 546 g/mol. The molecule has 7 N–H and O–H groups in total. The highest BCUT2D eigenvalue weighted by Crippen LogP contribution is 2.43. The van der Waals surface area contributed by atoms with Gasteiger partial charge in [0.05, 0.1) is 25.1 Å². The predicted octanol–water partition coefficient (Wildman–Crippen LogP) is 0.989. The molecule has 7 rings (SSSR count). The Morgan fingerprint density at radius 2 is 1.80 bits per heavy atom. The van der Waals surface area contributed by atoms with Crippen molar-refractivity contribution in [3.63, 3.8) is 0 Å². The molecule has 3 heterocycles. The van der Waals surface area contributed by atoms with Gasteiger partial charge >= 0.3 is 0 Å². The number of hydrogen-bond acceptors (Lipinski definition) is 10. The van der Waals surface area contributed by atoms with Gasteiger partial charge in [-0.2, -0.15) is 4.98 Å². The number of ether oxygens (including phenoxy) is 1. The molecule has 1 saturated heterocycles. The molecular weight excluding hydrogens is 518 g/mol. The number of rotatable bonds is 4. The zero-order chi connectivity index (χ0) is 27.7. The minimum atomic E-state index is -1.49. The molecule has 206 valence electrons. The summed E-state index contributed by atoms with van der Waals surface area (Å²) in [7, 11) is 0. The van der Waals surface area contributed by atoms with E-state index in [1.54, 1.807) is 6.07 Å². The summed E-state index contributed by atoms with van der Waals surface area (Å²) in [4.78, 5) is 24.3. The van der Waals surface area contributed by atoms with E-state index in [0.717, 1.165) is 21.5 Å². The topological polar surface area (TPSA) is 186 Å². The van der Waals surface area contributed by atoms with Gasteiger partial charge in [0.1, 0.15) is 30.6 Å². The number of aromatic amines is 1. The van der Waals surface area contributed by atoms with Crippen molar-refractivity contribution in [3.8, 4) is 0 Å². The van der Waals surface area contributed by atoms with Crippen LogP contribution < -0.4 is 10.9 Å². The standard InChI is InChI=1S/C28H27N5O7/c34-10-18-17(35)9-19(40-18)33-11-29-22-26(33)31-28(32-27(22)39)30-21-20-15(23(36)25(38)24(21)37)6-5-14-7-12-3-1-2-4-13(12)8-16(14)20/h1-8,11,17-19,21,23-25,34-38H,9-10H2,(H2,30,31,32,39)/t17-,18+,19+,21-,23+,24+,25-/m0/s1. The van der Waals surface area contributed by atoms with Gasteiger partial charge in [-0.15, -0.1) is 0 Å². The highest BCUT2D eigenvalue weighted by Gasteiger charge is 2.42. The summed E-state index contributed by atoms with van der Waals surface area (Å²) < 4.78 is 7.24. The molecule has 0 amide bonds. The number of aliphatic hydroxyl groups is 5. The lowest BCUT2D eigenvalue weighted by Crippen LogP contribution is -2.44. The van der Waals surface area contributed by atoms with Crippen LogP contribution in [0.3, 0.4) is 0 Å². The quantitative estimate of drug-likeness (QED) is 0.161. The second kappa shape index (κ2) is 9.34. The summed E-state index contributed by atoms with van der Waals surface area (Å²) in [6.45, 7) is -0.360. The summed E-state index contributed by atoms with van der Waals surface area (Å²) >= 11 is 0. The number of benzene rings is 3. The second-order valence-electron chi connectivity index (χ2n) is 10.4. The Labute approximate surface area is 226 Å². The molecule has 2 aliphatic rings. The van der Waals surface area contributed by atoms with Crippen LogP contribution in [0.25, 0.3) is 32.7 Å². The van der Waals surface area contributed by atoms with E-state index in [9.17, 15) is 30.3 Å². The molecule has 5 aromatic rings. The molecule has 1 fully saturated rings. The predicted molar refractivity (Wildman–Crippen MR) is 145 cm³/mol. The van der Waals surface area contributed by atoms with Crippen LogP contribution in [0.2, 0.25) is 0 Å². The van der Waals surface area contributed by atoms with Crippen LogP contribution in [-0.2, 0) is 4.74 Å². The van der Waals surface area contributed by atoms with Gasteiger partial charge in [-0.1, -0.05) is 36.4 Å². The van der Waals surface area contributed by atoms with E-state index < -0.39 is 48.3 Å². The van der Waals surface area contributed by atoms with Gasteiger partial charge < -0.3 is 35.6 Å². The van der Waals surface area contributed by atoms with Crippen molar-refractivity contribution in [1.29, 1.82) is 0 Å². The second-order valence-corrected chi connectivity index (χ2v) is 10.4. The molecule has 3 aromatic carbocycles. The molecule has 0 saturated carbocycles. The minimum Gasteiger partial charge on any atom is -0.394 e. The minimum absolute atomic E-state index is 0.00730. The molecule has 7 atom stereocenters. The number of nitrogens with zero attached hydrogens (tertiary/aromatic N) is 3. The van der Waals surface area contributed by atoms with Crippen molar-refractivity contribution >= 4 is 38.7 Å².